The van der Waals surface area contributed by atoms with Crippen LogP contribution in [0.5, 0.6) is 0 Å². The lowest BCUT2D eigenvalue weighted by Gasteiger charge is -2.32. The van der Waals surface area contributed by atoms with Crippen LogP contribution >= 0.6 is 12.4 Å². The van der Waals surface area contributed by atoms with Crippen molar-refractivity contribution in [3.8, 4) is 0 Å². The van der Waals surface area contributed by atoms with E-state index in [0.717, 1.165) is 12.1 Å². The minimum Gasteiger partial charge on any atom is -0.344 e. The molecule has 25 heavy (non-hydrogen) atoms. The summed E-state index contributed by atoms with van der Waals surface area (Å²) < 4.78 is 26.8. The van der Waals surface area contributed by atoms with E-state index in [4.69, 9.17) is 0 Å². The lowest BCUT2D eigenvalue weighted by atomic mass is 9.97. The summed E-state index contributed by atoms with van der Waals surface area (Å²) in [5, 5.41) is 3.02. The second-order valence-electron chi connectivity index (χ2n) is 6.35. The zero-order chi connectivity index (χ0) is 17.7. The average molecular weight is 390 g/mol. The summed E-state index contributed by atoms with van der Waals surface area (Å²) in [6, 6.07) is 6.90. The number of sulfonamides is 1. The van der Waals surface area contributed by atoms with Crippen molar-refractivity contribution in [3.05, 3.63) is 29.8 Å². The second-order valence-corrected chi connectivity index (χ2v) is 8.29. The third kappa shape index (κ3) is 5.41. The summed E-state index contributed by atoms with van der Waals surface area (Å²) >= 11 is 0. The molecule has 0 aliphatic carbocycles. The van der Waals surface area contributed by atoms with E-state index < -0.39 is 10.0 Å². The smallest absolute Gasteiger partial charge is 0.243 e. The highest BCUT2D eigenvalue weighted by Crippen LogP contribution is 2.25. The molecule has 1 amide bonds. The first-order valence-corrected chi connectivity index (χ1v) is 9.76. The van der Waals surface area contributed by atoms with Crippen LogP contribution in [0.2, 0.25) is 0 Å². The van der Waals surface area contributed by atoms with Crippen LogP contribution in [-0.2, 0) is 14.8 Å². The first-order chi connectivity index (χ1) is 11.4. The summed E-state index contributed by atoms with van der Waals surface area (Å²) in [5.74, 6) is 0.0222. The molecule has 0 spiro atoms. The van der Waals surface area contributed by atoms with E-state index in [1.54, 1.807) is 36.2 Å². The van der Waals surface area contributed by atoms with Gasteiger partial charge in [0.25, 0.3) is 0 Å². The fraction of sp³-hybridized carbons (Fsp3) is 0.588. The van der Waals surface area contributed by atoms with Crippen LogP contribution in [0.25, 0.3) is 0 Å². The summed E-state index contributed by atoms with van der Waals surface area (Å²) in [6.45, 7) is 4.14. The SMILES string of the molecule is CNCCN(C)C(=O)C1CCN(S(=O)(=O)c2ccc(C)cc2)CC1.Cl. The topological polar surface area (TPSA) is 69.7 Å². The zero-order valence-electron chi connectivity index (χ0n) is 15.1. The standard InChI is InChI=1S/C17H27N3O3S.ClH/c1-14-4-6-16(7-5-14)24(22,23)20-11-8-15(9-12-20)17(21)19(3)13-10-18-2;/h4-7,15,18H,8-13H2,1-3H3;1H. The van der Waals surface area contributed by atoms with Crippen LogP contribution in [-0.4, -0.2) is 63.8 Å². The molecule has 0 radical (unpaired) electrons. The van der Waals surface area contributed by atoms with Crippen LogP contribution in [0.15, 0.2) is 29.2 Å². The largest absolute Gasteiger partial charge is 0.344 e. The lowest BCUT2D eigenvalue weighted by molar-refractivity contribution is -0.135. The highest BCUT2D eigenvalue weighted by molar-refractivity contribution is 7.89. The number of piperidine rings is 1. The van der Waals surface area contributed by atoms with Gasteiger partial charge in [-0.1, -0.05) is 17.7 Å². The number of halogens is 1. The van der Waals surface area contributed by atoms with Crippen molar-refractivity contribution in [2.45, 2.75) is 24.7 Å². The Hall–Kier alpha value is -1.15. The van der Waals surface area contributed by atoms with Gasteiger partial charge in [-0.2, -0.15) is 4.31 Å². The lowest BCUT2D eigenvalue weighted by Crippen LogP contribution is -2.44. The minimum atomic E-state index is -3.46. The molecule has 1 saturated heterocycles. The predicted molar refractivity (Wildman–Crippen MR) is 101 cm³/mol. The second kappa shape index (κ2) is 9.52. The van der Waals surface area contributed by atoms with Gasteiger partial charge in [-0.15, -0.1) is 12.4 Å². The number of carbonyl (C=O) groups excluding carboxylic acids is 1. The van der Waals surface area contributed by atoms with Gasteiger partial charge >= 0.3 is 0 Å². The molecule has 1 N–H and O–H groups in total. The van der Waals surface area contributed by atoms with Crippen LogP contribution in [0.1, 0.15) is 18.4 Å². The Kier molecular flexibility index (Phi) is 8.34. The molecular formula is C17H28ClN3O3S. The maximum atomic E-state index is 12.7. The molecule has 8 heteroatoms. The van der Waals surface area contributed by atoms with E-state index in [2.05, 4.69) is 5.32 Å². The van der Waals surface area contributed by atoms with Crippen molar-refractivity contribution in [1.82, 2.24) is 14.5 Å². The van der Waals surface area contributed by atoms with Gasteiger partial charge in [0.05, 0.1) is 4.90 Å². The monoisotopic (exact) mass is 389 g/mol. The quantitative estimate of drug-likeness (QED) is 0.800. The highest BCUT2D eigenvalue weighted by atomic mass is 35.5. The summed E-state index contributed by atoms with van der Waals surface area (Å²) in [5.41, 5.74) is 1.03. The number of benzene rings is 1. The molecule has 1 aromatic carbocycles. The number of nitrogens with zero attached hydrogens (tertiary/aromatic N) is 2. The van der Waals surface area contributed by atoms with Gasteiger partial charge in [-0.25, -0.2) is 8.42 Å². The maximum Gasteiger partial charge on any atom is 0.243 e. The van der Waals surface area contributed by atoms with Crippen LogP contribution in [0.3, 0.4) is 0 Å². The average Bonchev–Trinajstić information content (AvgIpc) is 2.59. The third-order valence-corrected chi connectivity index (χ3v) is 6.45. The molecule has 2 rings (SSSR count). The number of nitrogens with one attached hydrogen (secondary N) is 1. The molecule has 0 unspecified atom stereocenters. The maximum absolute atomic E-state index is 12.7. The molecule has 1 fully saturated rings. The number of carbonyl (C=O) groups is 1. The van der Waals surface area contributed by atoms with E-state index in [1.165, 1.54) is 4.31 Å². The van der Waals surface area contributed by atoms with Crippen molar-refractivity contribution in [2.75, 3.05) is 40.3 Å². The van der Waals surface area contributed by atoms with E-state index in [1.807, 2.05) is 14.0 Å². The van der Waals surface area contributed by atoms with Gasteiger partial charge in [-0.05, 0) is 38.9 Å². The fourth-order valence-corrected chi connectivity index (χ4v) is 4.37. The normalized spacial score (nSPS) is 16.3. The minimum absolute atomic E-state index is 0. The van der Waals surface area contributed by atoms with Gasteiger partial charge in [-0.3, -0.25) is 4.79 Å². The Morgan fingerprint density at radius 2 is 1.80 bits per heavy atom. The Balaban J connectivity index is 0.00000312. The molecule has 6 nitrogen and oxygen atoms in total. The van der Waals surface area contributed by atoms with Crippen molar-refractivity contribution >= 4 is 28.3 Å². The van der Waals surface area contributed by atoms with Gasteiger partial charge in [0.1, 0.15) is 0 Å². The van der Waals surface area contributed by atoms with E-state index >= 15 is 0 Å². The van der Waals surface area contributed by atoms with Crippen LogP contribution in [0.4, 0.5) is 0 Å². The van der Waals surface area contributed by atoms with Gasteiger partial charge in [0.15, 0.2) is 0 Å². The molecule has 0 atom stereocenters. The van der Waals surface area contributed by atoms with Crippen molar-refractivity contribution < 1.29 is 13.2 Å². The highest BCUT2D eigenvalue weighted by Gasteiger charge is 2.32. The van der Waals surface area contributed by atoms with Crippen LogP contribution < -0.4 is 5.32 Å². The summed E-state index contributed by atoms with van der Waals surface area (Å²) in [6.07, 6.45) is 1.15. The van der Waals surface area contributed by atoms with Crippen molar-refractivity contribution in [2.24, 2.45) is 5.92 Å². The Morgan fingerprint density at radius 3 is 2.32 bits per heavy atom. The number of likely N-dealkylation sites (N-methyl/N-ethyl adjacent to an activating group) is 2. The van der Waals surface area contributed by atoms with Crippen molar-refractivity contribution in [1.29, 1.82) is 0 Å². The molecule has 1 aliphatic rings. The van der Waals surface area contributed by atoms with Crippen LogP contribution in [0, 0.1) is 12.8 Å². The molecule has 1 heterocycles. The summed E-state index contributed by atoms with van der Waals surface area (Å²) in [7, 11) is 0.191. The van der Waals surface area contributed by atoms with Gasteiger partial charge < -0.3 is 10.2 Å². The molecule has 1 aromatic rings. The van der Waals surface area contributed by atoms with E-state index in [0.29, 0.717) is 37.4 Å². The van der Waals surface area contributed by atoms with Gasteiger partial charge in [0.2, 0.25) is 15.9 Å². The molecular weight excluding hydrogens is 362 g/mol. The Bertz CT molecular complexity index is 656. The number of hydrogen-bond acceptors (Lipinski definition) is 4. The molecule has 0 bridgehead atoms. The Labute approximate surface area is 157 Å². The number of hydrogen-bond donors (Lipinski definition) is 1. The molecule has 142 valence electrons. The zero-order valence-corrected chi connectivity index (χ0v) is 16.7. The summed E-state index contributed by atoms with van der Waals surface area (Å²) in [4.78, 5) is 14.4. The first-order valence-electron chi connectivity index (χ1n) is 8.32. The Morgan fingerprint density at radius 1 is 1.24 bits per heavy atom. The molecule has 0 aromatic heterocycles. The van der Waals surface area contributed by atoms with E-state index in [9.17, 15) is 13.2 Å². The third-order valence-electron chi connectivity index (χ3n) is 4.54. The fourth-order valence-electron chi connectivity index (χ4n) is 2.90. The number of rotatable bonds is 6. The van der Waals surface area contributed by atoms with Crippen molar-refractivity contribution in [3.63, 3.8) is 0 Å². The van der Waals surface area contributed by atoms with Gasteiger partial charge in [0, 0.05) is 39.1 Å². The predicted octanol–water partition coefficient (Wildman–Crippen LogP) is 1.50. The first kappa shape index (κ1) is 21.9. The molecule has 0 saturated carbocycles. The van der Waals surface area contributed by atoms with E-state index in [-0.39, 0.29) is 24.2 Å². The number of amides is 1. The molecule has 1 aliphatic heterocycles. The number of aryl methyl sites for hydroxylation is 1.